The molecule has 0 radical (unpaired) electrons. The van der Waals surface area contributed by atoms with Crippen LogP contribution in [0.25, 0.3) is 39.4 Å². The van der Waals surface area contributed by atoms with Crippen molar-refractivity contribution in [2.24, 2.45) is 0 Å². The Labute approximate surface area is 232 Å². The number of hydrogen-bond donors (Lipinski definition) is 1. The van der Waals surface area contributed by atoms with Gasteiger partial charge in [-0.2, -0.15) is 5.10 Å². The minimum absolute atomic E-state index is 0.242. The standard InChI is InChI=1S/C29H23FIN7/c1-19-6-4-11-25(34-19)29-28(22-12-13-27-32-18-33-38(27)16-22)35-26(36-29)17-37(31)15-21-7-2-3-10-24(21)20-8-5-9-23(30)14-20/h2-14,16,18H,15,17H2,1H3,(H,35,36). The third kappa shape index (κ3) is 5.07. The van der Waals surface area contributed by atoms with Crippen molar-refractivity contribution >= 4 is 28.5 Å². The summed E-state index contributed by atoms with van der Waals surface area (Å²) in [6.45, 7) is 3.20. The van der Waals surface area contributed by atoms with Crippen LogP contribution in [-0.4, -0.2) is 32.7 Å². The van der Waals surface area contributed by atoms with Crippen molar-refractivity contribution < 1.29 is 4.39 Å². The number of aromatic nitrogens is 6. The Bertz CT molecular complexity index is 1740. The minimum atomic E-state index is -0.242. The third-order valence-corrected chi connectivity index (χ3v) is 6.95. The first kappa shape index (κ1) is 24.4. The highest BCUT2D eigenvalue weighted by molar-refractivity contribution is 14.1. The summed E-state index contributed by atoms with van der Waals surface area (Å²) in [6, 6.07) is 24.7. The van der Waals surface area contributed by atoms with Gasteiger partial charge in [0.1, 0.15) is 23.7 Å². The fourth-order valence-electron chi connectivity index (χ4n) is 4.53. The molecule has 0 spiro atoms. The molecule has 7 nitrogen and oxygen atoms in total. The van der Waals surface area contributed by atoms with Crippen molar-refractivity contribution in [3.8, 4) is 33.8 Å². The molecule has 4 aromatic heterocycles. The molecule has 2 aromatic carbocycles. The second-order valence-corrected chi connectivity index (χ2v) is 10.4. The number of aromatic amines is 1. The van der Waals surface area contributed by atoms with Crippen LogP contribution >= 0.6 is 22.9 Å². The van der Waals surface area contributed by atoms with E-state index in [0.29, 0.717) is 13.1 Å². The van der Waals surface area contributed by atoms with E-state index in [1.54, 1.807) is 16.6 Å². The van der Waals surface area contributed by atoms with E-state index in [4.69, 9.17) is 9.97 Å². The zero-order valence-corrected chi connectivity index (χ0v) is 22.7. The van der Waals surface area contributed by atoms with Gasteiger partial charge < -0.3 is 4.98 Å². The van der Waals surface area contributed by atoms with Crippen molar-refractivity contribution in [3.63, 3.8) is 0 Å². The Kier molecular flexibility index (Phi) is 6.69. The molecular weight excluding hydrogens is 592 g/mol. The van der Waals surface area contributed by atoms with Crippen LogP contribution in [0.4, 0.5) is 4.39 Å². The first-order chi connectivity index (χ1) is 18.5. The Morgan fingerprint density at radius 2 is 1.79 bits per heavy atom. The summed E-state index contributed by atoms with van der Waals surface area (Å²) in [6.07, 6.45) is 3.48. The number of fused-ring (bicyclic) bond motifs is 1. The predicted octanol–water partition coefficient (Wildman–Crippen LogP) is 6.65. The molecule has 4 heterocycles. The maximum atomic E-state index is 13.9. The lowest BCUT2D eigenvalue weighted by Gasteiger charge is -2.16. The summed E-state index contributed by atoms with van der Waals surface area (Å²) in [5.41, 5.74) is 8.09. The number of halogens is 2. The maximum absolute atomic E-state index is 13.9. The number of nitrogens with one attached hydrogen (secondary N) is 1. The van der Waals surface area contributed by atoms with Crippen LogP contribution in [0.5, 0.6) is 0 Å². The van der Waals surface area contributed by atoms with Crippen LogP contribution in [0.15, 0.2) is 91.4 Å². The Hall–Kier alpha value is -3.96. The second-order valence-electron chi connectivity index (χ2n) is 9.00. The molecule has 0 amide bonds. The van der Waals surface area contributed by atoms with E-state index in [-0.39, 0.29) is 5.82 Å². The molecule has 188 valence electrons. The van der Waals surface area contributed by atoms with Gasteiger partial charge in [-0.3, -0.25) is 4.98 Å². The van der Waals surface area contributed by atoms with Gasteiger partial charge in [0.2, 0.25) is 0 Å². The van der Waals surface area contributed by atoms with Gasteiger partial charge in [0.25, 0.3) is 0 Å². The average Bonchev–Trinajstić information content (AvgIpc) is 3.55. The van der Waals surface area contributed by atoms with Crippen LogP contribution in [0.2, 0.25) is 0 Å². The van der Waals surface area contributed by atoms with Crippen LogP contribution in [0.3, 0.4) is 0 Å². The van der Waals surface area contributed by atoms with E-state index < -0.39 is 0 Å². The molecule has 0 saturated carbocycles. The number of nitrogens with zero attached hydrogens (tertiary/aromatic N) is 6. The van der Waals surface area contributed by atoms with Gasteiger partial charge in [0.05, 0.1) is 17.9 Å². The topological polar surface area (TPSA) is 75.0 Å². The molecule has 9 heteroatoms. The number of rotatable bonds is 7. The van der Waals surface area contributed by atoms with Gasteiger partial charge >= 0.3 is 0 Å². The SMILES string of the molecule is Cc1cccc(-c2nc(CN(I)Cc3ccccc3-c3cccc(F)c3)[nH]c2-c2ccc3ncnn3c2)n1. The molecular formula is C29H23FIN7. The first-order valence-electron chi connectivity index (χ1n) is 12.1. The zero-order chi connectivity index (χ0) is 26.1. The van der Waals surface area contributed by atoms with E-state index in [1.165, 1.54) is 12.4 Å². The molecule has 0 aliphatic heterocycles. The van der Waals surface area contributed by atoms with E-state index in [9.17, 15) is 4.39 Å². The molecule has 0 aliphatic rings. The highest BCUT2D eigenvalue weighted by Crippen LogP contribution is 2.31. The van der Waals surface area contributed by atoms with Crippen LogP contribution in [0.1, 0.15) is 17.1 Å². The molecule has 0 atom stereocenters. The normalized spacial score (nSPS) is 11.5. The monoisotopic (exact) mass is 615 g/mol. The Morgan fingerprint density at radius 3 is 2.66 bits per heavy atom. The molecule has 1 N–H and O–H groups in total. The van der Waals surface area contributed by atoms with Gasteiger partial charge in [-0.05, 0) is 60.0 Å². The number of imidazole rings is 1. The fourth-order valence-corrected chi connectivity index (χ4v) is 5.22. The van der Waals surface area contributed by atoms with Crippen molar-refractivity contribution in [3.05, 3.63) is 114 Å². The predicted molar refractivity (Wildman–Crippen MR) is 154 cm³/mol. The van der Waals surface area contributed by atoms with Gasteiger partial charge in [0, 0.05) is 46.9 Å². The summed E-state index contributed by atoms with van der Waals surface area (Å²) in [7, 11) is 0. The summed E-state index contributed by atoms with van der Waals surface area (Å²) in [5, 5.41) is 4.28. The summed E-state index contributed by atoms with van der Waals surface area (Å²) >= 11 is 2.32. The van der Waals surface area contributed by atoms with Crippen LogP contribution < -0.4 is 0 Å². The summed E-state index contributed by atoms with van der Waals surface area (Å²) < 4.78 is 17.8. The molecule has 0 fully saturated rings. The summed E-state index contributed by atoms with van der Waals surface area (Å²) in [4.78, 5) is 17.5. The second kappa shape index (κ2) is 10.4. The van der Waals surface area contributed by atoms with E-state index in [1.807, 2.05) is 67.7 Å². The quantitative estimate of drug-likeness (QED) is 0.161. The molecule has 38 heavy (non-hydrogen) atoms. The van der Waals surface area contributed by atoms with Crippen molar-refractivity contribution in [1.29, 1.82) is 0 Å². The van der Waals surface area contributed by atoms with Gasteiger partial charge in [-0.15, -0.1) is 0 Å². The molecule has 0 saturated heterocycles. The molecule has 6 aromatic rings. The number of H-pyrrole nitrogens is 1. The van der Waals surface area contributed by atoms with Crippen LogP contribution in [0, 0.1) is 12.7 Å². The smallest absolute Gasteiger partial charge is 0.155 e. The minimum Gasteiger partial charge on any atom is -0.340 e. The molecule has 0 unspecified atom stereocenters. The summed E-state index contributed by atoms with van der Waals surface area (Å²) in [5.74, 6) is 0.572. The number of benzene rings is 2. The van der Waals surface area contributed by atoms with Crippen molar-refractivity contribution in [1.82, 2.24) is 32.7 Å². The van der Waals surface area contributed by atoms with E-state index in [0.717, 1.165) is 56.5 Å². The lowest BCUT2D eigenvalue weighted by molar-refractivity contribution is 0.490. The Balaban J connectivity index is 1.32. The number of aryl methyl sites for hydroxylation is 1. The van der Waals surface area contributed by atoms with Crippen molar-refractivity contribution in [2.75, 3.05) is 0 Å². The maximum Gasteiger partial charge on any atom is 0.155 e. The molecule has 0 bridgehead atoms. The van der Waals surface area contributed by atoms with Crippen LogP contribution in [-0.2, 0) is 13.1 Å². The Morgan fingerprint density at radius 1 is 0.921 bits per heavy atom. The lowest BCUT2D eigenvalue weighted by Crippen LogP contribution is -2.12. The molecule has 0 aliphatic carbocycles. The first-order valence-corrected chi connectivity index (χ1v) is 13.1. The highest BCUT2D eigenvalue weighted by Gasteiger charge is 2.18. The van der Waals surface area contributed by atoms with Gasteiger partial charge in [-0.1, -0.05) is 42.5 Å². The number of hydrogen-bond acceptors (Lipinski definition) is 5. The lowest BCUT2D eigenvalue weighted by atomic mass is 9.99. The van der Waals surface area contributed by atoms with E-state index in [2.05, 4.69) is 47.1 Å². The van der Waals surface area contributed by atoms with Crippen molar-refractivity contribution in [2.45, 2.75) is 20.0 Å². The van der Waals surface area contributed by atoms with Gasteiger partial charge in [0.15, 0.2) is 5.65 Å². The largest absolute Gasteiger partial charge is 0.340 e. The van der Waals surface area contributed by atoms with E-state index >= 15 is 0 Å². The third-order valence-electron chi connectivity index (χ3n) is 6.26. The average molecular weight is 615 g/mol. The zero-order valence-electron chi connectivity index (χ0n) is 20.5. The fraction of sp³-hybridized carbons (Fsp3) is 0.103. The highest BCUT2D eigenvalue weighted by atomic mass is 127. The van der Waals surface area contributed by atoms with Gasteiger partial charge in [-0.25, -0.2) is 22.0 Å². The molecule has 6 rings (SSSR count). The number of pyridine rings is 2.